The van der Waals surface area contributed by atoms with E-state index in [9.17, 15) is 9.59 Å². The molecule has 0 aromatic heterocycles. The van der Waals surface area contributed by atoms with E-state index in [1.165, 1.54) is 14.2 Å². The first-order chi connectivity index (χ1) is 11.5. The molecule has 0 radical (unpaired) electrons. The molecule has 126 valence electrons. The predicted octanol–water partition coefficient (Wildman–Crippen LogP) is 3.15. The lowest BCUT2D eigenvalue weighted by molar-refractivity contribution is -0.119. The van der Waals surface area contributed by atoms with Crippen LogP contribution in [0.3, 0.4) is 0 Å². The maximum atomic E-state index is 12.2. The number of anilines is 1. The van der Waals surface area contributed by atoms with E-state index in [1.807, 2.05) is 0 Å². The highest BCUT2D eigenvalue weighted by Gasteiger charge is 2.20. The van der Waals surface area contributed by atoms with E-state index in [-0.39, 0.29) is 5.56 Å². The Bertz CT molecular complexity index is 725. The highest BCUT2D eigenvalue weighted by molar-refractivity contribution is 6.30. The van der Waals surface area contributed by atoms with Crippen LogP contribution in [0.5, 0.6) is 11.5 Å². The summed E-state index contributed by atoms with van der Waals surface area (Å²) in [5.74, 6) is -0.603. The van der Waals surface area contributed by atoms with Gasteiger partial charge in [0.1, 0.15) is 17.1 Å². The van der Waals surface area contributed by atoms with Crippen LogP contribution in [0.15, 0.2) is 42.5 Å². The van der Waals surface area contributed by atoms with Gasteiger partial charge in [-0.05, 0) is 30.3 Å². The van der Waals surface area contributed by atoms with Gasteiger partial charge in [-0.3, -0.25) is 4.79 Å². The molecule has 0 saturated carbocycles. The van der Waals surface area contributed by atoms with Gasteiger partial charge in [-0.1, -0.05) is 23.7 Å². The summed E-state index contributed by atoms with van der Waals surface area (Å²) in [5.41, 5.74) is 0.636. The molecule has 0 heterocycles. The van der Waals surface area contributed by atoms with Crippen molar-refractivity contribution in [1.29, 1.82) is 0 Å². The van der Waals surface area contributed by atoms with Crippen molar-refractivity contribution in [3.05, 3.63) is 53.1 Å². The van der Waals surface area contributed by atoms with E-state index in [0.717, 1.165) is 0 Å². The van der Waals surface area contributed by atoms with Crippen LogP contribution in [-0.2, 0) is 9.53 Å². The Morgan fingerprint density at radius 1 is 1.04 bits per heavy atom. The highest BCUT2D eigenvalue weighted by Crippen LogP contribution is 2.28. The van der Waals surface area contributed by atoms with E-state index in [2.05, 4.69) is 5.32 Å². The van der Waals surface area contributed by atoms with Crippen LogP contribution in [0.4, 0.5) is 5.69 Å². The van der Waals surface area contributed by atoms with Crippen molar-refractivity contribution in [2.24, 2.45) is 0 Å². The fraction of sp³-hybridized carbons (Fsp3) is 0.176. The van der Waals surface area contributed by atoms with Gasteiger partial charge in [0.05, 0.1) is 14.2 Å². The van der Waals surface area contributed by atoms with Crippen LogP contribution < -0.4 is 14.8 Å². The monoisotopic (exact) mass is 349 g/mol. The Balaban J connectivity index is 2.02. The van der Waals surface area contributed by atoms with E-state index < -0.39 is 18.5 Å². The van der Waals surface area contributed by atoms with Crippen molar-refractivity contribution in [2.75, 3.05) is 26.1 Å². The van der Waals surface area contributed by atoms with Gasteiger partial charge in [-0.2, -0.15) is 0 Å². The lowest BCUT2D eigenvalue weighted by Crippen LogP contribution is -2.21. The first-order valence-electron chi connectivity index (χ1n) is 6.98. The summed E-state index contributed by atoms with van der Waals surface area (Å²) in [5, 5.41) is 3.07. The van der Waals surface area contributed by atoms with Crippen molar-refractivity contribution in [3.63, 3.8) is 0 Å². The molecule has 0 aliphatic heterocycles. The van der Waals surface area contributed by atoms with Gasteiger partial charge in [-0.25, -0.2) is 4.79 Å². The molecule has 0 aliphatic carbocycles. The number of methoxy groups -OCH3 is 2. The maximum Gasteiger partial charge on any atom is 0.346 e. The van der Waals surface area contributed by atoms with Crippen LogP contribution in [0.2, 0.25) is 5.02 Å². The predicted molar refractivity (Wildman–Crippen MR) is 89.9 cm³/mol. The summed E-state index contributed by atoms with van der Waals surface area (Å²) in [4.78, 5) is 24.1. The molecular weight excluding hydrogens is 334 g/mol. The van der Waals surface area contributed by atoms with Gasteiger partial charge in [-0.15, -0.1) is 0 Å². The molecule has 1 N–H and O–H groups in total. The fourth-order valence-corrected chi connectivity index (χ4v) is 2.21. The van der Waals surface area contributed by atoms with E-state index in [1.54, 1.807) is 42.5 Å². The first kappa shape index (κ1) is 17.6. The standard InChI is InChI=1S/C17H16ClNO5/c1-22-13-7-4-8-14(23-2)16(13)17(21)24-10-15(20)19-12-6-3-5-11(18)9-12/h3-9H,10H2,1-2H3,(H,19,20). The molecule has 1 amide bonds. The fourth-order valence-electron chi connectivity index (χ4n) is 2.02. The van der Waals surface area contributed by atoms with Gasteiger partial charge < -0.3 is 19.5 Å². The second kappa shape index (κ2) is 8.21. The van der Waals surface area contributed by atoms with E-state index >= 15 is 0 Å². The van der Waals surface area contributed by atoms with Crippen molar-refractivity contribution < 1.29 is 23.8 Å². The largest absolute Gasteiger partial charge is 0.496 e. The number of nitrogens with one attached hydrogen (secondary N) is 1. The number of amides is 1. The SMILES string of the molecule is COc1cccc(OC)c1C(=O)OCC(=O)Nc1cccc(Cl)c1. The van der Waals surface area contributed by atoms with Crippen LogP contribution in [0.1, 0.15) is 10.4 Å². The molecule has 0 unspecified atom stereocenters. The number of carbonyl (C=O) groups excluding carboxylic acids is 2. The number of ether oxygens (including phenoxy) is 3. The molecule has 6 nitrogen and oxygen atoms in total. The Morgan fingerprint density at radius 2 is 1.67 bits per heavy atom. The minimum Gasteiger partial charge on any atom is -0.496 e. The average Bonchev–Trinajstić information content (AvgIpc) is 2.58. The van der Waals surface area contributed by atoms with Gasteiger partial charge in [0, 0.05) is 10.7 Å². The minimum absolute atomic E-state index is 0.123. The zero-order valence-corrected chi connectivity index (χ0v) is 13.9. The lowest BCUT2D eigenvalue weighted by Gasteiger charge is -2.12. The molecule has 0 spiro atoms. The molecule has 0 fully saturated rings. The van der Waals surface area contributed by atoms with Gasteiger partial charge in [0.15, 0.2) is 6.61 Å². The number of carbonyl (C=O) groups is 2. The smallest absolute Gasteiger partial charge is 0.346 e. The van der Waals surface area contributed by atoms with E-state index in [4.69, 9.17) is 25.8 Å². The molecule has 2 rings (SSSR count). The van der Waals surface area contributed by atoms with Crippen molar-refractivity contribution in [3.8, 4) is 11.5 Å². The average molecular weight is 350 g/mol. The van der Waals surface area contributed by atoms with Crippen LogP contribution in [0, 0.1) is 0 Å². The number of hydrogen-bond donors (Lipinski definition) is 1. The molecule has 0 saturated heterocycles. The normalized spacial score (nSPS) is 9.96. The molecule has 2 aromatic rings. The Kier molecular flexibility index (Phi) is 6.03. The Labute approximate surface area is 144 Å². The number of hydrogen-bond acceptors (Lipinski definition) is 5. The molecular formula is C17H16ClNO5. The zero-order chi connectivity index (χ0) is 17.5. The summed E-state index contributed by atoms with van der Waals surface area (Å²) >= 11 is 5.84. The Morgan fingerprint density at radius 3 is 2.25 bits per heavy atom. The summed E-state index contributed by atoms with van der Waals surface area (Å²) in [6, 6.07) is 11.5. The summed E-state index contributed by atoms with van der Waals surface area (Å²) in [6.45, 7) is -0.452. The third-order valence-corrected chi connectivity index (χ3v) is 3.31. The molecule has 2 aromatic carbocycles. The zero-order valence-electron chi connectivity index (χ0n) is 13.2. The quantitative estimate of drug-likeness (QED) is 0.811. The van der Waals surface area contributed by atoms with Gasteiger partial charge in [0.25, 0.3) is 5.91 Å². The molecule has 0 bridgehead atoms. The number of benzene rings is 2. The molecule has 7 heteroatoms. The van der Waals surface area contributed by atoms with Gasteiger partial charge in [0.2, 0.25) is 0 Å². The molecule has 0 aliphatic rings. The summed E-state index contributed by atoms with van der Waals surface area (Å²) in [7, 11) is 2.86. The third kappa shape index (κ3) is 4.39. The number of esters is 1. The van der Waals surface area contributed by atoms with Crippen LogP contribution >= 0.6 is 11.6 Å². The van der Waals surface area contributed by atoms with Crippen molar-refractivity contribution >= 4 is 29.2 Å². The summed E-state index contributed by atoms with van der Waals surface area (Å²) in [6.07, 6.45) is 0. The second-order valence-corrected chi connectivity index (χ2v) is 5.11. The van der Waals surface area contributed by atoms with E-state index in [0.29, 0.717) is 22.2 Å². The third-order valence-electron chi connectivity index (χ3n) is 3.07. The van der Waals surface area contributed by atoms with Crippen molar-refractivity contribution in [1.82, 2.24) is 0 Å². The van der Waals surface area contributed by atoms with Crippen molar-refractivity contribution in [2.45, 2.75) is 0 Å². The molecule has 24 heavy (non-hydrogen) atoms. The number of halogens is 1. The van der Waals surface area contributed by atoms with Gasteiger partial charge >= 0.3 is 5.97 Å². The first-order valence-corrected chi connectivity index (χ1v) is 7.36. The maximum absolute atomic E-state index is 12.2. The van der Waals surface area contributed by atoms with Crippen LogP contribution in [-0.4, -0.2) is 32.7 Å². The summed E-state index contributed by atoms with van der Waals surface area (Å²) < 4.78 is 15.3. The second-order valence-electron chi connectivity index (χ2n) is 4.67. The minimum atomic E-state index is -0.717. The topological polar surface area (TPSA) is 73.9 Å². The Hall–Kier alpha value is -2.73. The lowest BCUT2D eigenvalue weighted by atomic mass is 10.2. The highest BCUT2D eigenvalue weighted by atomic mass is 35.5. The number of rotatable bonds is 6. The molecule has 0 atom stereocenters. The van der Waals surface area contributed by atoms with Crippen LogP contribution in [0.25, 0.3) is 0 Å².